The average molecular weight is 377 g/mol. The molecule has 0 unspecified atom stereocenters. The van der Waals surface area contributed by atoms with Crippen molar-refractivity contribution in [1.82, 2.24) is 0 Å². The van der Waals surface area contributed by atoms with Crippen molar-refractivity contribution in [2.24, 2.45) is 0 Å². The summed E-state index contributed by atoms with van der Waals surface area (Å²) in [5.74, 6) is -0.176. The summed E-state index contributed by atoms with van der Waals surface area (Å²) in [6.07, 6.45) is 3.25. The first-order valence-electron chi connectivity index (χ1n) is 8.39. The molecular weight excluding hydrogens is 360 g/mol. The molecule has 0 amide bonds. The Morgan fingerprint density at radius 1 is 0.889 bits per heavy atom. The van der Waals surface area contributed by atoms with Crippen molar-refractivity contribution < 1.29 is 14.3 Å². The third kappa shape index (κ3) is 4.93. The molecule has 0 aliphatic carbocycles. The van der Waals surface area contributed by atoms with Crippen molar-refractivity contribution in [1.29, 1.82) is 0 Å². The van der Waals surface area contributed by atoms with Crippen LogP contribution in [0.15, 0.2) is 78.9 Å². The lowest BCUT2D eigenvalue weighted by atomic mass is 10.1. The summed E-state index contributed by atoms with van der Waals surface area (Å²) in [5, 5.41) is 0.344. The van der Waals surface area contributed by atoms with Crippen LogP contribution in [0.5, 0.6) is 5.75 Å². The molecule has 0 aliphatic heterocycles. The van der Waals surface area contributed by atoms with E-state index in [4.69, 9.17) is 16.3 Å². The molecule has 0 saturated heterocycles. The molecule has 0 heterocycles. The lowest BCUT2D eigenvalue weighted by Crippen LogP contribution is -2.08. The standard InChI is InChI=1S/C23H17ClO3/c1-16-6-11-18(12-7-16)22(25)15-10-17-8-13-19(14-9-17)27-23(26)20-4-2-3-5-21(20)24/h2-15H,1H3/b15-10+. The predicted molar refractivity (Wildman–Crippen MR) is 107 cm³/mol. The molecule has 0 aromatic heterocycles. The van der Waals surface area contributed by atoms with Gasteiger partial charge >= 0.3 is 5.97 Å². The number of carbonyl (C=O) groups is 2. The number of hydrogen-bond donors (Lipinski definition) is 0. The number of halogens is 1. The predicted octanol–water partition coefficient (Wildman–Crippen LogP) is 5.76. The minimum atomic E-state index is -0.515. The minimum Gasteiger partial charge on any atom is -0.423 e. The smallest absolute Gasteiger partial charge is 0.345 e. The maximum Gasteiger partial charge on any atom is 0.345 e. The van der Waals surface area contributed by atoms with Gasteiger partial charge in [-0.2, -0.15) is 0 Å². The number of carbonyl (C=O) groups excluding carboxylic acids is 2. The van der Waals surface area contributed by atoms with Gasteiger partial charge < -0.3 is 4.74 Å². The molecule has 3 rings (SSSR count). The zero-order chi connectivity index (χ0) is 19.2. The van der Waals surface area contributed by atoms with Crippen molar-refractivity contribution in [3.8, 4) is 5.75 Å². The lowest BCUT2D eigenvalue weighted by Gasteiger charge is -2.06. The molecule has 4 heteroatoms. The van der Waals surface area contributed by atoms with Crippen molar-refractivity contribution in [2.45, 2.75) is 6.92 Å². The molecular formula is C23H17ClO3. The molecule has 0 aliphatic rings. The molecule has 3 aromatic rings. The van der Waals surface area contributed by atoms with Gasteiger partial charge in [-0.05, 0) is 42.8 Å². The minimum absolute atomic E-state index is 0.0655. The molecule has 134 valence electrons. The fourth-order valence-electron chi connectivity index (χ4n) is 2.42. The van der Waals surface area contributed by atoms with Gasteiger partial charge in [-0.3, -0.25) is 4.79 Å². The Morgan fingerprint density at radius 2 is 1.56 bits per heavy atom. The maximum absolute atomic E-state index is 12.2. The first-order chi connectivity index (χ1) is 13.0. The van der Waals surface area contributed by atoms with E-state index in [0.29, 0.717) is 21.9 Å². The van der Waals surface area contributed by atoms with Crippen LogP contribution >= 0.6 is 11.6 Å². The quantitative estimate of drug-likeness (QED) is 0.246. The van der Waals surface area contributed by atoms with Gasteiger partial charge in [0, 0.05) is 5.56 Å². The number of benzene rings is 3. The highest BCUT2D eigenvalue weighted by Gasteiger charge is 2.11. The van der Waals surface area contributed by atoms with E-state index in [2.05, 4.69) is 0 Å². The highest BCUT2D eigenvalue weighted by atomic mass is 35.5. The number of ketones is 1. The SMILES string of the molecule is Cc1ccc(C(=O)/C=C/c2ccc(OC(=O)c3ccccc3Cl)cc2)cc1. The molecule has 0 fully saturated rings. The number of hydrogen-bond acceptors (Lipinski definition) is 3. The van der Waals surface area contributed by atoms with Crippen LogP contribution in [0.4, 0.5) is 0 Å². The summed E-state index contributed by atoms with van der Waals surface area (Å²) in [6.45, 7) is 1.98. The molecule has 3 aromatic carbocycles. The number of allylic oxidation sites excluding steroid dienone is 1. The summed E-state index contributed by atoms with van der Waals surface area (Å²) in [4.78, 5) is 24.3. The van der Waals surface area contributed by atoms with E-state index in [-0.39, 0.29) is 5.78 Å². The van der Waals surface area contributed by atoms with Gasteiger partial charge in [0.1, 0.15) is 5.75 Å². The molecule has 3 nitrogen and oxygen atoms in total. The molecule has 0 bridgehead atoms. The number of aryl methyl sites for hydroxylation is 1. The van der Waals surface area contributed by atoms with Gasteiger partial charge in [0.05, 0.1) is 10.6 Å². The number of ether oxygens (including phenoxy) is 1. The molecule has 0 atom stereocenters. The second-order valence-corrected chi connectivity index (χ2v) is 6.41. The van der Waals surface area contributed by atoms with Gasteiger partial charge in [-0.1, -0.05) is 71.8 Å². The van der Waals surface area contributed by atoms with Crippen molar-refractivity contribution >= 4 is 29.4 Å². The average Bonchev–Trinajstić information content (AvgIpc) is 2.68. The van der Waals surface area contributed by atoms with E-state index in [1.165, 1.54) is 6.08 Å². The number of esters is 1. The fourth-order valence-corrected chi connectivity index (χ4v) is 2.63. The van der Waals surface area contributed by atoms with E-state index in [9.17, 15) is 9.59 Å². The van der Waals surface area contributed by atoms with E-state index in [0.717, 1.165) is 11.1 Å². The highest BCUT2D eigenvalue weighted by molar-refractivity contribution is 6.33. The Labute approximate surface area is 162 Å². The Balaban J connectivity index is 1.65. The molecule has 0 radical (unpaired) electrons. The monoisotopic (exact) mass is 376 g/mol. The molecule has 0 spiro atoms. The maximum atomic E-state index is 12.2. The van der Waals surface area contributed by atoms with Gasteiger partial charge in [-0.25, -0.2) is 4.79 Å². The summed E-state index contributed by atoms with van der Waals surface area (Å²) >= 11 is 6.00. The Morgan fingerprint density at radius 3 is 2.22 bits per heavy atom. The third-order valence-electron chi connectivity index (χ3n) is 3.95. The van der Waals surface area contributed by atoms with Crippen LogP contribution in [0, 0.1) is 6.92 Å². The van der Waals surface area contributed by atoms with Crippen LogP contribution in [0.1, 0.15) is 31.8 Å². The summed E-state index contributed by atoms with van der Waals surface area (Å²) in [5.41, 5.74) is 2.89. The third-order valence-corrected chi connectivity index (χ3v) is 4.28. The first-order valence-corrected chi connectivity index (χ1v) is 8.76. The van der Waals surface area contributed by atoms with Crippen LogP contribution in [0.25, 0.3) is 6.08 Å². The van der Waals surface area contributed by atoms with Gasteiger partial charge in [0.2, 0.25) is 0 Å². The molecule has 0 N–H and O–H groups in total. The Hall–Kier alpha value is -3.17. The zero-order valence-electron chi connectivity index (χ0n) is 14.7. The second kappa shape index (κ2) is 8.47. The fraction of sp³-hybridized carbons (Fsp3) is 0.0435. The van der Waals surface area contributed by atoms with Gasteiger partial charge in [0.15, 0.2) is 5.78 Å². The molecule has 0 saturated carbocycles. The van der Waals surface area contributed by atoms with Crippen LogP contribution in [-0.2, 0) is 0 Å². The lowest BCUT2D eigenvalue weighted by molar-refractivity contribution is 0.0734. The molecule has 27 heavy (non-hydrogen) atoms. The highest BCUT2D eigenvalue weighted by Crippen LogP contribution is 2.19. The normalized spacial score (nSPS) is 10.7. The Kier molecular flexibility index (Phi) is 5.84. The van der Waals surface area contributed by atoms with E-state index >= 15 is 0 Å². The van der Waals surface area contributed by atoms with E-state index < -0.39 is 5.97 Å². The van der Waals surface area contributed by atoms with E-state index in [1.54, 1.807) is 66.7 Å². The second-order valence-electron chi connectivity index (χ2n) is 6.00. The number of rotatable bonds is 5. The van der Waals surface area contributed by atoms with Crippen LogP contribution in [-0.4, -0.2) is 11.8 Å². The largest absolute Gasteiger partial charge is 0.423 e. The van der Waals surface area contributed by atoms with Crippen molar-refractivity contribution in [3.63, 3.8) is 0 Å². The van der Waals surface area contributed by atoms with Crippen molar-refractivity contribution in [2.75, 3.05) is 0 Å². The zero-order valence-corrected chi connectivity index (χ0v) is 15.4. The van der Waals surface area contributed by atoms with Crippen molar-refractivity contribution in [3.05, 3.63) is 106 Å². The Bertz CT molecular complexity index is 987. The summed E-state index contributed by atoms with van der Waals surface area (Å²) < 4.78 is 5.33. The van der Waals surface area contributed by atoms with Crippen LogP contribution < -0.4 is 4.74 Å². The van der Waals surface area contributed by atoms with Gasteiger partial charge in [-0.15, -0.1) is 0 Å². The van der Waals surface area contributed by atoms with E-state index in [1.807, 2.05) is 19.1 Å². The topological polar surface area (TPSA) is 43.4 Å². The van der Waals surface area contributed by atoms with Crippen LogP contribution in [0.3, 0.4) is 0 Å². The van der Waals surface area contributed by atoms with Crippen LogP contribution in [0.2, 0.25) is 5.02 Å². The van der Waals surface area contributed by atoms with Gasteiger partial charge in [0.25, 0.3) is 0 Å². The summed E-state index contributed by atoms with van der Waals surface area (Å²) in [7, 11) is 0. The first kappa shape index (κ1) is 18.6. The summed E-state index contributed by atoms with van der Waals surface area (Å²) in [6, 6.07) is 21.0.